The van der Waals surface area contributed by atoms with Crippen LogP contribution in [-0.4, -0.2) is 15.3 Å². The van der Waals surface area contributed by atoms with Gasteiger partial charge in [-0.15, -0.1) is 0 Å². The molecule has 2 aliphatic carbocycles. The molecular formula is C22H22Cl2O4. The minimum atomic E-state index is -0.737. The first kappa shape index (κ1) is 18.3. The summed E-state index contributed by atoms with van der Waals surface area (Å²) in [6.45, 7) is 0. The second-order valence-electron chi connectivity index (χ2n) is 8.42. The minimum Gasteiger partial charge on any atom is -0.507 e. The lowest BCUT2D eigenvalue weighted by molar-refractivity contribution is -0.0365. The molecule has 0 unspecified atom stereocenters. The smallest absolute Gasteiger partial charge is 0.141 e. The summed E-state index contributed by atoms with van der Waals surface area (Å²) >= 11 is 12.5. The van der Waals surface area contributed by atoms with Gasteiger partial charge in [0.25, 0.3) is 0 Å². The largest absolute Gasteiger partial charge is 0.507 e. The maximum atomic E-state index is 10.7. The number of hydrogen-bond donors (Lipinski definition) is 3. The third-order valence-electron chi connectivity index (χ3n) is 7.17. The number of phenolic OH excluding ortho intramolecular Hbond substituents is 3. The van der Waals surface area contributed by atoms with Crippen molar-refractivity contribution in [1.82, 2.24) is 0 Å². The van der Waals surface area contributed by atoms with Crippen molar-refractivity contribution >= 4 is 23.2 Å². The van der Waals surface area contributed by atoms with Crippen LogP contribution < -0.4 is 4.74 Å². The first-order chi connectivity index (χ1) is 13.4. The maximum Gasteiger partial charge on any atom is 0.141 e. The van der Waals surface area contributed by atoms with Crippen LogP contribution in [0.2, 0.25) is 10.0 Å². The molecule has 28 heavy (non-hydrogen) atoms. The highest BCUT2D eigenvalue weighted by atomic mass is 35.5. The first-order valence-electron chi connectivity index (χ1n) is 9.81. The number of aromatic hydroxyl groups is 3. The van der Waals surface area contributed by atoms with Crippen LogP contribution in [0.4, 0.5) is 0 Å². The minimum absolute atomic E-state index is 0.00637. The van der Waals surface area contributed by atoms with Gasteiger partial charge in [-0.2, -0.15) is 0 Å². The van der Waals surface area contributed by atoms with E-state index in [1.807, 2.05) is 6.07 Å². The fourth-order valence-corrected chi connectivity index (χ4v) is 6.44. The van der Waals surface area contributed by atoms with Gasteiger partial charge < -0.3 is 20.1 Å². The summed E-state index contributed by atoms with van der Waals surface area (Å²) in [6, 6.07) is 6.39. The molecular weight excluding hydrogens is 399 g/mol. The van der Waals surface area contributed by atoms with Gasteiger partial charge in [-0.25, -0.2) is 0 Å². The number of hydrogen-bond acceptors (Lipinski definition) is 4. The molecule has 2 fully saturated rings. The lowest BCUT2D eigenvalue weighted by Crippen LogP contribution is -2.51. The second-order valence-corrected chi connectivity index (χ2v) is 9.23. The molecule has 148 valence electrons. The Bertz CT molecular complexity index is 967. The lowest BCUT2D eigenvalue weighted by Gasteiger charge is -2.51. The average Bonchev–Trinajstić information content (AvgIpc) is 3.29. The zero-order valence-electron chi connectivity index (χ0n) is 15.3. The highest BCUT2D eigenvalue weighted by molar-refractivity contribution is 6.32. The van der Waals surface area contributed by atoms with Crippen LogP contribution in [0.5, 0.6) is 23.0 Å². The van der Waals surface area contributed by atoms with Crippen LogP contribution in [0, 0.1) is 5.92 Å². The zero-order valence-corrected chi connectivity index (χ0v) is 16.9. The van der Waals surface area contributed by atoms with Gasteiger partial charge in [-0.1, -0.05) is 36.0 Å². The molecule has 2 aromatic rings. The first-order valence-corrected chi connectivity index (χ1v) is 10.6. The third kappa shape index (κ3) is 2.31. The zero-order chi connectivity index (χ0) is 19.7. The van der Waals surface area contributed by atoms with E-state index >= 15 is 0 Å². The molecule has 0 aromatic heterocycles. The van der Waals surface area contributed by atoms with Crippen molar-refractivity contribution < 1.29 is 20.1 Å². The van der Waals surface area contributed by atoms with Gasteiger partial charge in [-0.05, 0) is 44.2 Å². The van der Waals surface area contributed by atoms with E-state index in [0.29, 0.717) is 16.3 Å². The summed E-state index contributed by atoms with van der Waals surface area (Å²) in [5, 5.41) is 31.4. The SMILES string of the molecule is Oc1cc2c(cc1Cl)C1(CCCC1)[C@H]1CCC[C@@]1(c1cc(Cl)c(O)cc1O)O2. The van der Waals surface area contributed by atoms with Crippen molar-refractivity contribution in [3.8, 4) is 23.0 Å². The topological polar surface area (TPSA) is 69.9 Å². The number of benzene rings is 2. The van der Waals surface area contributed by atoms with Crippen LogP contribution in [0.25, 0.3) is 0 Å². The molecule has 3 N–H and O–H groups in total. The summed E-state index contributed by atoms with van der Waals surface area (Å²) in [6.07, 6.45) is 7.03. The summed E-state index contributed by atoms with van der Waals surface area (Å²) < 4.78 is 6.61. The summed E-state index contributed by atoms with van der Waals surface area (Å²) in [7, 11) is 0. The van der Waals surface area contributed by atoms with E-state index in [1.54, 1.807) is 12.1 Å². The molecule has 1 aliphatic heterocycles. The van der Waals surface area contributed by atoms with Crippen molar-refractivity contribution in [3.63, 3.8) is 0 Å². The highest BCUT2D eigenvalue weighted by Gasteiger charge is 2.61. The molecule has 2 saturated carbocycles. The van der Waals surface area contributed by atoms with E-state index in [0.717, 1.165) is 50.5 Å². The van der Waals surface area contributed by atoms with Gasteiger partial charge in [-0.3, -0.25) is 0 Å². The number of ether oxygens (including phenoxy) is 1. The Balaban J connectivity index is 1.78. The Hall–Kier alpha value is -1.78. The second kappa shape index (κ2) is 6.11. The van der Waals surface area contributed by atoms with E-state index in [-0.39, 0.29) is 33.6 Å². The molecule has 2 atom stereocenters. The lowest BCUT2D eigenvalue weighted by atomic mass is 9.60. The van der Waals surface area contributed by atoms with E-state index < -0.39 is 5.60 Å². The Morgan fingerprint density at radius 3 is 2.14 bits per heavy atom. The van der Waals surface area contributed by atoms with Crippen molar-refractivity contribution in [2.45, 2.75) is 56.0 Å². The standard InChI is InChI=1S/C22H22Cl2O4/c23-14-8-12(16(25)10-17(14)26)22-7-3-4-20(22)21(5-1-2-6-21)13-9-15(24)18(27)11-19(13)28-22/h8-11,20,25-27H,1-7H2/t20-,22+/m1/s1. The van der Waals surface area contributed by atoms with Crippen LogP contribution in [0.1, 0.15) is 56.1 Å². The van der Waals surface area contributed by atoms with Gasteiger partial charge >= 0.3 is 0 Å². The van der Waals surface area contributed by atoms with Gasteiger partial charge in [0.1, 0.15) is 28.6 Å². The van der Waals surface area contributed by atoms with Crippen molar-refractivity contribution in [3.05, 3.63) is 45.4 Å². The number of fused-ring (bicyclic) bond motifs is 4. The normalized spacial score (nSPS) is 27.4. The van der Waals surface area contributed by atoms with Crippen LogP contribution in [0.15, 0.2) is 24.3 Å². The molecule has 6 heteroatoms. The molecule has 0 bridgehead atoms. The molecule has 1 heterocycles. The van der Waals surface area contributed by atoms with Gasteiger partial charge in [0, 0.05) is 34.6 Å². The van der Waals surface area contributed by atoms with Crippen LogP contribution >= 0.6 is 23.2 Å². The molecule has 5 rings (SSSR count). The van der Waals surface area contributed by atoms with E-state index in [1.165, 1.54) is 6.07 Å². The van der Waals surface area contributed by atoms with Crippen LogP contribution in [-0.2, 0) is 11.0 Å². The maximum absolute atomic E-state index is 10.7. The Morgan fingerprint density at radius 2 is 1.43 bits per heavy atom. The predicted molar refractivity (Wildman–Crippen MR) is 108 cm³/mol. The Morgan fingerprint density at radius 1 is 0.786 bits per heavy atom. The highest BCUT2D eigenvalue weighted by Crippen LogP contribution is 2.66. The monoisotopic (exact) mass is 420 g/mol. The fourth-order valence-electron chi connectivity index (χ4n) is 6.11. The van der Waals surface area contributed by atoms with E-state index in [2.05, 4.69) is 0 Å². The molecule has 3 aliphatic rings. The van der Waals surface area contributed by atoms with E-state index in [9.17, 15) is 15.3 Å². The number of rotatable bonds is 1. The molecule has 0 saturated heterocycles. The summed E-state index contributed by atoms with van der Waals surface area (Å²) in [4.78, 5) is 0. The van der Waals surface area contributed by atoms with Crippen molar-refractivity contribution in [2.75, 3.05) is 0 Å². The predicted octanol–water partition coefficient (Wildman–Crippen LogP) is 6.01. The van der Waals surface area contributed by atoms with Gasteiger partial charge in [0.15, 0.2) is 0 Å². The fraction of sp³-hybridized carbons (Fsp3) is 0.455. The molecule has 0 amide bonds. The molecule has 2 aromatic carbocycles. The summed E-state index contributed by atoms with van der Waals surface area (Å²) in [5.41, 5.74) is 0.848. The Labute approximate surface area is 173 Å². The summed E-state index contributed by atoms with van der Waals surface area (Å²) in [5.74, 6) is 0.634. The van der Waals surface area contributed by atoms with Crippen LogP contribution in [0.3, 0.4) is 0 Å². The molecule has 1 spiro atoms. The van der Waals surface area contributed by atoms with Crippen molar-refractivity contribution in [1.29, 1.82) is 0 Å². The Kier molecular flexibility index (Phi) is 3.98. The van der Waals surface area contributed by atoms with E-state index in [4.69, 9.17) is 27.9 Å². The average molecular weight is 421 g/mol. The third-order valence-corrected chi connectivity index (χ3v) is 7.77. The quantitative estimate of drug-likeness (QED) is 0.528. The number of phenols is 3. The number of halogens is 2. The molecule has 4 nitrogen and oxygen atoms in total. The molecule has 0 radical (unpaired) electrons. The van der Waals surface area contributed by atoms with Crippen molar-refractivity contribution in [2.24, 2.45) is 5.92 Å². The van der Waals surface area contributed by atoms with Gasteiger partial charge in [0.2, 0.25) is 0 Å². The van der Waals surface area contributed by atoms with Gasteiger partial charge in [0.05, 0.1) is 10.0 Å².